The van der Waals surface area contributed by atoms with Crippen LogP contribution in [0, 0.1) is 13.8 Å². The summed E-state index contributed by atoms with van der Waals surface area (Å²) in [6.07, 6.45) is 3.93. The van der Waals surface area contributed by atoms with Crippen molar-refractivity contribution >= 4 is 5.69 Å². The molecule has 1 aromatic rings. The van der Waals surface area contributed by atoms with E-state index in [9.17, 15) is 0 Å². The van der Waals surface area contributed by atoms with Crippen molar-refractivity contribution in [3.8, 4) is 0 Å². The molecule has 1 fully saturated rings. The summed E-state index contributed by atoms with van der Waals surface area (Å²) in [6.45, 7) is 10.7. The van der Waals surface area contributed by atoms with Gasteiger partial charge in [0.15, 0.2) is 0 Å². The first-order chi connectivity index (χ1) is 8.16. The molecule has 2 rings (SSSR count). The molecule has 0 bridgehead atoms. The van der Waals surface area contributed by atoms with Gasteiger partial charge in [0.25, 0.3) is 0 Å². The van der Waals surface area contributed by atoms with Gasteiger partial charge in [-0.3, -0.25) is 0 Å². The van der Waals surface area contributed by atoms with E-state index in [1.165, 1.54) is 30.4 Å². The fourth-order valence-corrected chi connectivity index (χ4v) is 2.23. The zero-order valence-corrected chi connectivity index (χ0v) is 10.9. The summed E-state index contributed by atoms with van der Waals surface area (Å²) in [5.41, 5.74) is 3.80. The smallest absolute Gasteiger partial charge is 0.0983 e. The van der Waals surface area contributed by atoms with Gasteiger partial charge < -0.3 is 10.2 Å². The number of rotatable bonds is 3. The first-order valence-corrected chi connectivity index (χ1v) is 6.45. The average molecular weight is 230 g/mol. The van der Waals surface area contributed by atoms with Gasteiger partial charge in [-0.15, -0.1) is 0 Å². The molecule has 1 aliphatic heterocycles. The molecule has 0 amide bonds. The standard InChI is InChI=1S/C15H22N2/c1-12-7-8-15(11-13(12)2)16-14(3)17-9-5-4-6-10-17/h7-8,11,16H,3-6,9-10H2,1-2H3. The Hall–Kier alpha value is -1.44. The minimum Gasteiger partial charge on any atom is -0.359 e. The Bertz CT molecular complexity index is 403. The normalized spacial score (nSPS) is 15.8. The van der Waals surface area contributed by atoms with Crippen molar-refractivity contribution in [3.63, 3.8) is 0 Å². The van der Waals surface area contributed by atoms with E-state index < -0.39 is 0 Å². The lowest BCUT2D eigenvalue weighted by molar-refractivity contribution is 0.289. The van der Waals surface area contributed by atoms with Crippen LogP contribution in [-0.4, -0.2) is 18.0 Å². The number of anilines is 1. The molecule has 17 heavy (non-hydrogen) atoms. The van der Waals surface area contributed by atoms with E-state index in [0.717, 1.165) is 24.6 Å². The molecule has 0 spiro atoms. The summed E-state index contributed by atoms with van der Waals surface area (Å²) < 4.78 is 0. The summed E-state index contributed by atoms with van der Waals surface area (Å²) in [5.74, 6) is 1.04. The number of aryl methyl sites for hydroxylation is 2. The minimum absolute atomic E-state index is 1.04. The number of piperidine rings is 1. The fourth-order valence-electron chi connectivity index (χ4n) is 2.23. The van der Waals surface area contributed by atoms with E-state index in [-0.39, 0.29) is 0 Å². The van der Waals surface area contributed by atoms with E-state index in [2.05, 4.69) is 48.8 Å². The Morgan fingerprint density at radius 3 is 2.47 bits per heavy atom. The van der Waals surface area contributed by atoms with Gasteiger partial charge in [-0.05, 0) is 56.4 Å². The van der Waals surface area contributed by atoms with Crippen LogP contribution in [0.1, 0.15) is 30.4 Å². The van der Waals surface area contributed by atoms with Gasteiger partial charge in [-0.1, -0.05) is 12.6 Å². The second-order valence-corrected chi connectivity index (χ2v) is 4.92. The minimum atomic E-state index is 1.04. The third kappa shape index (κ3) is 3.02. The molecule has 0 radical (unpaired) electrons. The van der Waals surface area contributed by atoms with Crippen LogP contribution < -0.4 is 5.32 Å². The maximum atomic E-state index is 4.14. The molecule has 0 saturated carbocycles. The first kappa shape index (κ1) is 12.0. The number of benzene rings is 1. The summed E-state index contributed by atoms with van der Waals surface area (Å²) in [5, 5.41) is 3.41. The van der Waals surface area contributed by atoms with Gasteiger partial charge in [0, 0.05) is 18.8 Å². The molecule has 0 aliphatic carbocycles. The van der Waals surface area contributed by atoms with Crippen molar-refractivity contribution in [1.82, 2.24) is 4.90 Å². The zero-order valence-electron chi connectivity index (χ0n) is 10.9. The van der Waals surface area contributed by atoms with Crippen LogP contribution in [0.4, 0.5) is 5.69 Å². The Morgan fingerprint density at radius 2 is 1.82 bits per heavy atom. The van der Waals surface area contributed by atoms with Gasteiger partial charge in [0.1, 0.15) is 0 Å². The largest absolute Gasteiger partial charge is 0.359 e. The van der Waals surface area contributed by atoms with Crippen molar-refractivity contribution in [2.24, 2.45) is 0 Å². The van der Waals surface area contributed by atoms with Crippen molar-refractivity contribution in [1.29, 1.82) is 0 Å². The molecule has 1 N–H and O–H groups in total. The Kier molecular flexibility index (Phi) is 3.72. The van der Waals surface area contributed by atoms with Crippen LogP contribution in [0.5, 0.6) is 0 Å². The summed E-state index contributed by atoms with van der Waals surface area (Å²) in [6, 6.07) is 6.46. The second kappa shape index (κ2) is 5.26. The number of nitrogens with one attached hydrogen (secondary N) is 1. The molecule has 1 aliphatic rings. The highest BCUT2D eigenvalue weighted by Crippen LogP contribution is 2.19. The van der Waals surface area contributed by atoms with Crippen molar-refractivity contribution in [2.45, 2.75) is 33.1 Å². The number of hydrogen-bond acceptors (Lipinski definition) is 2. The van der Waals surface area contributed by atoms with Gasteiger partial charge in [0.05, 0.1) is 5.82 Å². The van der Waals surface area contributed by atoms with Crippen LogP contribution in [0.25, 0.3) is 0 Å². The number of hydrogen-bond donors (Lipinski definition) is 1. The highest BCUT2D eigenvalue weighted by Gasteiger charge is 2.11. The molecular weight excluding hydrogens is 208 g/mol. The summed E-state index contributed by atoms with van der Waals surface area (Å²) in [7, 11) is 0. The summed E-state index contributed by atoms with van der Waals surface area (Å²) in [4.78, 5) is 2.35. The van der Waals surface area contributed by atoms with Gasteiger partial charge in [0.2, 0.25) is 0 Å². The van der Waals surface area contributed by atoms with E-state index in [4.69, 9.17) is 0 Å². The topological polar surface area (TPSA) is 15.3 Å². The quantitative estimate of drug-likeness (QED) is 0.852. The molecule has 0 atom stereocenters. The van der Waals surface area contributed by atoms with Crippen molar-refractivity contribution < 1.29 is 0 Å². The van der Waals surface area contributed by atoms with Crippen LogP contribution in [0.2, 0.25) is 0 Å². The third-order valence-electron chi connectivity index (χ3n) is 3.53. The molecule has 2 heteroatoms. The lowest BCUT2D eigenvalue weighted by Crippen LogP contribution is -2.31. The molecular formula is C15H22N2. The average Bonchev–Trinajstić information content (AvgIpc) is 2.35. The Balaban J connectivity index is 1.99. The van der Waals surface area contributed by atoms with Crippen LogP contribution >= 0.6 is 0 Å². The molecule has 1 heterocycles. The maximum Gasteiger partial charge on any atom is 0.0983 e. The molecule has 92 valence electrons. The van der Waals surface area contributed by atoms with E-state index in [1.807, 2.05) is 0 Å². The van der Waals surface area contributed by atoms with Gasteiger partial charge >= 0.3 is 0 Å². The summed E-state index contributed by atoms with van der Waals surface area (Å²) >= 11 is 0. The van der Waals surface area contributed by atoms with E-state index in [0.29, 0.717) is 0 Å². The lowest BCUT2D eigenvalue weighted by Gasteiger charge is -2.30. The van der Waals surface area contributed by atoms with E-state index in [1.54, 1.807) is 0 Å². The van der Waals surface area contributed by atoms with Crippen LogP contribution in [-0.2, 0) is 0 Å². The monoisotopic (exact) mass is 230 g/mol. The van der Waals surface area contributed by atoms with Gasteiger partial charge in [-0.2, -0.15) is 0 Å². The fraction of sp³-hybridized carbons (Fsp3) is 0.467. The molecule has 0 aromatic heterocycles. The first-order valence-electron chi connectivity index (χ1n) is 6.45. The van der Waals surface area contributed by atoms with Crippen LogP contribution in [0.3, 0.4) is 0 Å². The third-order valence-corrected chi connectivity index (χ3v) is 3.53. The second-order valence-electron chi connectivity index (χ2n) is 4.92. The highest BCUT2D eigenvalue weighted by molar-refractivity contribution is 5.51. The number of likely N-dealkylation sites (tertiary alicyclic amines) is 1. The highest BCUT2D eigenvalue weighted by atomic mass is 15.2. The van der Waals surface area contributed by atoms with Crippen molar-refractivity contribution in [2.75, 3.05) is 18.4 Å². The SMILES string of the molecule is C=C(Nc1ccc(C)c(C)c1)N1CCCCC1. The van der Waals surface area contributed by atoms with E-state index >= 15 is 0 Å². The molecule has 0 unspecified atom stereocenters. The van der Waals surface area contributed by atoms with Crippen molar-refractivity contribution in [3.05, 3.63) is 41.7 Å². The van der Waals surface area contributed by atoms with Gasteiger partial charge in [-0.25, -0.2) is 0 Å². The maximum absolute atomic E-state index is 4.14. The zero-order chi connectivity index (χ0) is 12.3. The Morgan fingerprint density at radius 1 is 1.12 bits per heavy atom. The molecule has 1 saturated heterocycles. The Labute approximate surface area is 104 Å². The molecule has 1 aromatic carbocycles. The lowest BCUT2D eigenvalue weighted by atomic mass is 10.1. The number of nitrogens with zero attached hydrogens (tertiary/aromatic N) is 1. The predicted molar refractivity (Wildman–Crippen MR) is 74.1 cm³/mol. The predicted octanol–water partition coefficient (Wildman–Crippen LogP) is 3.67. The molecule has 2 nitrogen and oxygen atoms in total. The van der Waals surface area contributed by atoms with Crippen LogP contribution in [0.15, 0.2) is 30.6 Å².